The van der Waals surface area contributed by atoms with Crippen LogP contribution in [0.3, 0.4) is 0 Å². The lowest BCUT2D eigenvalue weighted by atomic mass is 10.2. The zero-order valence-electron chi connectivity index (χ0n) is 14.6. The van der Waals surface area contributed by atoms with Gasteiger partial charge in [0.2, 0.25) is 5.89 Å². The second kappa shape index (κ2) is 7.11. The number of hydrogen-bond acceptors (Lipinski definition) is 4. The number of oxazole rings is 1. The average Bonchev–Trinajstić information content (AvgIpc) is 3.45. The summed E-state index contributed by atoms with van der Waals surface area (Å²) in [5, 5.41) is 7.49. The Bertz CT molecular complexity index is 1270. The van der Waals surface area contributed by atoms with E-state index < -0.39 is 0 Å². The van der Waals surface area contributed by atoms with E-state index in [0.717, 1.165) is 27.3 Å². The third kappa shape index (κ3) is 3.26. The third-order valence-electron chi connectivity index (χ3n) is 4.29. The maximum atomic E-state index is 6.03. The number of para-hydroxylation sites is 1. The Morgan fingerprint density at radius 2 is 1.89 bits per heavy atom. The molecular formula is C22H14ClN3OS. The molecule has 0 amide bonds. The summed E-state index contributed by atoms with van der Waals surface area (Å²) in [5.41, 5.74) is 4.38. The van der Waals surface area contributed by atoms with E-state index in [9.17, 15) is 0 Å². The van der Waals surface area contributed by atoms with Crippen molar-refractivity contribution in [3.8, 4) is 16.3 Å². The highest BCUT2D eigenvalue weighted by atomic mass is 35.5. The summed E-state index contributed by atoms with van der Waals surface area (Å²) in [4.78, 5) is 5.59. The first-order valence-corrected chi connectivity index (χ1v) is 9.95. The van der Waals surface area contributed by atoms with Crippen LogP contribution in [0.4, 0.5) is 0 Å². The predicted molar refractivity (Wildman–Crippen MR) is 115 cm³/mol. The SMILES string of the molecule is Clc1ccc2oc(/C=C/c3cn(-c4ccccc4)nc3-c3cccs3)nc2c1. The van der Waals surface area contributed by atoms with Crippen LogP contribution in [-0.4, -0.2) is 14.8 Å². The quantitative estimate of drug-likeness (QED) is 0.341. The fourth-order valence-corrected chi connectivity index (χ4v) is 3.88. The van der Waals surface area contributed by atoms with Crippen molar-refractivity contribution < 1.29 is 4.42 Å². The molecule has 136 valence electrons. The van der Waals surface area contributed by atoms with Crippen molar-refractivity contribution in [1.29, 1.82) is 0 Å². The lowest BCUT2D eigenvalue weighted by molar-refractivity contribution is 0.590. The van der Waals surface area contributed by atoms with Gasteiger partial charge in [-0.3, -0.25) is 0 Å². The highest BCUT2D eigenvalue weighted by molar-refractivity contribution is 7.13. The highest BCUT2D eigenvalue weighted by Gasteiger charge is 2.12. The minimum atomic E-state index is 0.529. The van der Waals surface area contributed by atoms with Crippen molar-refractivity contribution in [1.82, 2.24) is 14.8 Å². The number of nitrogens with zero attached hydrogens (tertiary/aromatic N) is 3. The van der Waals surface area contributed by atoms with Crippen LogP contribution in [-0.2, 0) is 0 Å². The molecule has 2 aromatic carbocycles. The lowest BCUT2D eigenvalue weighted by Crippen LogP contribution is -1.93. The summed E-state index contributed by atoms with van der Waals surface area (Å²) in [5.74, 6) is 0.529. The van der Waals surface area contributed by atoms with Crippen molar-refractivity contribution >= 4 is 46.2 Å². The van der Waals surface area contributed by atoms with Gasteiger partial charge < -0.3 is 4.42 Å². The van der Waals surface area contributed by atoms with Crippen LogP contribution in [0.5, 0.6) is 0 Å². The lowest BCUT2D eigenvalue weighted by Gasteiger charge is -1.99. The summed E-state index contributed by atoms with van der Waals surface area (Å²) in [6.45, 7) is 0. The molecule has 3 heterocycles. The van der Waals surface area contributed by atoms with E-state index in [2.05, 4.69) is 16.4 Å². The van der Waals surface area contributed by atoms with E-state index in [1.54, 1.807) is 23.5 Å². The van der Waals surface area contributed by atoms with Gasteiger partial charge in [-0.15, -0.1) is 11.3 Å². The van der Waals surface area contributed by atoms with Crippen LogP contribution in [0.25, 0.3) is 39.5 Å². The van der Waals surface area contributed by atoms with Crippen molar-refractivity contribution in [3.05, 3.63) is 88.7 Å². The van der Waals surface area contributed by atoms with Crippen molar-refractivity contribution in [2.24, 2.45) is 0 Å². The van der Waals surface area contributed by atoms with Crippen molar-refractivity contribution in [3.63, 3.8) is 0 Å². The van der Waals surface area contributed by atoms with Crippen molar-refractivity contribution in [2.45, 2.75) is 0 Å². The first-order chi connectivity index (χ1) is 13.8. The van der Waals surface area contributed by atoms with Crippen LogP contribution < -0.4 is 0 Å². The first-order valence-electron chi connectivity index (χ1n) is 8.69. The largest absolute Gasteiger partial charge is 0.437 e. The van der Waals surface area contributed by atoms with Crippen LogP contribution in [0.2, 0.25) is 5.02 Å². The van der Waals surface area contributed by atoms with E-state index in [-0.39, 0.29) is 0 Å². The molecule has 6 heteroatoms. The molecule has 0 aliphatic carbocycles. The van der Waals surface area contributed by atoms with Gasteiger partial charge in [-0.25, -0.2) is 9.67 Å². The Morgan fingerprint density at radius 3 is 2.71 bits per heavy atom. The number of aromatic nitrogens is 3. The molecule has 28 heavy (non-hydrogen) atoms. The molecule has 0 bridgehead atoms. The van der Waals surface area contributed by atoms with Gasteiger partial charge in [0.25, 0.3) is 0 Å². The minimum absolute atomic E-state index is 0.529. The number of thiophene rings is 1. The van der Waals surface area contributed by atoms with Gasteiger partial charge in [-0.1, -0.05) is 35.9 Å². The molecule has 0 spiro atoms. The van der Waals surface area contributed by atoms with Gasteiger partial charge in [-0.2, -0.15) is 5.10 Å². The number of hydrogen-bond donors (Lipinski definition) is 0. The molecule has 0 radical (unpaired) electrons. The molecule has 0 atom stereocenters. The molecule has 0 N–H and O–H groups in total. The van der Waals surface area contributed by atoms with Gasteiger partial charge in [-0.05, 0) is 47.9 Å². The van der Waals surface area contributed by atoms with E-state index in [1.807, 2.05) is 65.5 Å². The normalized spacial score (nSPS) is 11.6. The molecule has 0 fully saturated rings. The summed E-state index contributed by atoms with van der Waals surface area (Å²) in [6.07, 6.45) is 5.85. The smallest absolute Gasteiger partial charge is 0.220 e. The monoisotopic (exact) mass is 403 g/mol. The van der Waals surface area contributed by atoms with Gasteiger partial charge in [0.05, 0.1) is 10.6 Å². The maximum Gasteiger partial charge on any atom is 0.220 e. The fourth-order valence-electron chi connectivity index (χ4n) is 2.98. The molecular weight excluding hydrogens is 390 g/mol. The summed E-state index contributed by atoms with van der Waals surface area (Å²) >= 11 is 7.69. The summed E-state index contributed by atoms with van der Waals surface area (Å²) in [6, 6.07) is 19.6. The zero-order valence-corrected chi connectivity index (χ0v) is 16.2. The minimum Gasteiger partial charge on any atom is -0.437 e. The molecule has 0 unspecified atom stereocenters. The van der Waals surface area contributed by atoms with E-state index >= 15 is 0 Å². The molecule has 0 saturated heterocycles. The Kier molecular flexibility index (Phi) is 4.31. The Balaban J connectivity index is 1.56. The average molecular weight is 404 g/mol. The number of benzene rings is 2. The van der Waals surface area contributed by atoms with Gasteiger partial charge in [0.1, 0.15) is 11.2 Å². The highest BCUT2D eigenvalue weighted by Crippen LogP contribution is 2.29. The molecule has 5 rings (SSSR count). The third-order valence-corrected chi connectivity index (χ3v) is 5.40. The van der Waals surface area contributed by atoms with Crippen LogP contribution >= 0.6 is 22.9 Å². The van der Waals surface area contributed by atoms with E-state index in [4.69, 9.17) is 21.1 Å². The summed E-state index contributed by atoms with van der Waals surface area (Å²) < 4.78 is 7.68. The maximum absolute atomic E-state index is 6.03. The van der Waals surface area contributed by atoms with Gasteiger partial charge in [0, 0.05) is 22.9 Å². The first kappa shape index (κ1) is 17.0. The standard InChI is InChI=1S/C22H14ClN3OS/c23-16-9-10-19-18(13-16)24-21(27-19)11-8-15-14-26(17-5-2-1-3-6-17)25-22(15)20-7-4-12-28-20/h1-14H/b11-8+. The molecule has 0 aliphatic rings. The summed E-state index contributed by atoms with van der Waals surface area (Å²) in [7, 11) is 0. The zero-order chi connectivity index (χ0) is 18.9. The second-order valence-corrected chi connectivity index (χ2v) is 7.57. The topological polar surface area (TPSA) is 43.9 Å². The number of fused-ring (bicyclic) bond motifs is 1. The van der Waals surface area contributed by atoms with Crippen LogP contribution in [0.1, 0.15) is 11.5 Å². The van der Waals surface area contributed by atoms with Crippen LogP contribution in [0, 0.1) is 0 Å². The Labute approximate surface area is 170 Å². The molecule has 4 nitrogen and oxygen atoms in total. The van der Waals surface area contributed by atoms with Crippen LogP contribution in [0.15, 0.2) is 76.7 Å². The second-order valence-electron chi connectivity index (χ2n) is 6.19. The molecule has 0 saturated carbocycles. The predicted octanol–water partition coefficient (Wildman–Crippen LogP) is 6.57. The number of halogens is 1. The Hall–Kier alpha value is -3.15. The molecule has 0 aliphatic heterocycles. The molecule has 3 aromatic heterocycles. The number of rotatable bonds is 4. The molecule has 5 aromatic rings. The fraction of sp³-hybridized carbons (Fsp3) is 0. The van der Waals surface area contributed by atoms with Gasteiger partial charge >= 0.3 is 0 Å². The van der Waals surface area contributed by atoms with E-state index in [1.165, 1.54) is 0 Å². The Morgan fingerprint density at radius 1 is 1.00 bits per heavy atom. The van der Waals surface area contributed by atoms with Crippen molar-refractivity contribution in [2.75, 3.05) is 0 Å². The van der Waals surface area contributed by atoms with E-state index in [0.29, 0.717) is 16.5 Å². The van der Waals surface area contributed by atoms with Gasteiger partial charge in [0.15, 0.2) is 5.58 Å².